The van der Waals surface area contributed by atoms with E-state index in [-0.39, 0.29) is 6.10 Å². The summed E-state index contributed by atoms with van der Waals surface area (Å²) in [5, 5.41) is 0. The minimum absolute atomic E-state index is 0.289. The van der Waals surface area contributed by atoms with Gasteiger partial charge in [0.2, 0.25) is 0 Å². The van der Waals surface area contributed by atoms with Gasteiger partial charge in [-0.2, -0.15) is 0 Å². The standard InChI is InChI=1S/C12H27O4P/c1-4-5-9-12(16-17(13,14)15)10-7-6-8-11(2)3/h11-12H,4-10H2,1-3H3,(H2,13,14,15). The van der Waals surface area contributed by atoms with Crippen molar-refractivity contribution in [2.45, 2.75) is 71.8 Å². The predicted octanol–water partition coefficient (Wildman–Crippen LogP) is 3.87. The SMILES string of the molecule is CCCCC(CCCCC(C)C)OP(=O)(O)O. The van der Waals surface area contributed by atoms with Crippen LogP contribution in [0.1, 0.15) is 65.7 Å². The Bertz CT molecular complexity index is 225. The summed E-state index contributed by atoms with van der Waals surface area (Å²) in [7, 11) is -4.33. The van der Waals surface area contributed by atoms with Crippen molar-refractivity contribution in [2.24, 2.45) is 5.92 Å². The van der Waals surface area contributed by atoms with Gasteiger partial charge >= 0.3 is 7.82 Å². The molecular formula is C12H27O4P. The van der Waals surface area contributed by atoms with Crippen molar-refractivity contribution in [2.75, 3.05) is 0 Å². The van der Waals surface area contributed by atoms with Crippen LogP contribution in [0.5, 0.6) is 0 Å². The van der Waals surface area contributed by atoms with Crippen LogP contribution in [-0.4, -0.2) is 15.9 Å². The second-order valence-electron chi connectivity index (χ2n) is 5.04. The molecule has 0 aliphatic rings. The smallest absolute Gasteiger partial charge is 0.303 e. The molecule has 2 N–H and O–H groups in total. The third kappa shape index (κ3) is 12.4. The third-order valence-corrected chi connectivity index (χ3v) is 3.30. The molecule has 0 saturated heterocycles. The van der Waals surface area contributed by atoms with Crippen LogP contribution in [0, 0.1) is 5.92 Å². The summed E-state index contributed by atoms with van der Waals surface area (Å²) in [5.74, 6) is 0.687. The Kier molecular flexibility index (Phi) is 9.15. The summed E-state index contributed by atoms with van der Waals surface area (Å²) in [6.07, 6.45) is 6.42. The van der Waals surface area contributed by atoms with Crippen LogP contribution >= 0.6 is 7.82 Å². The minimum Gasteiger partial charge on any atom is -0.303 e. The Hall–Kier alpha value is 0.110. The Labute approximate surface area is 105 Å². The molecule has 0 heterocycles. The fraction of sp³-hybridized carbons (Fsp3) is 1.00. The van der Waals surface area contributed by atoms with E-state index in [1.165, 1.54) is 0 Å². The van der Waals surface area contributed by atoms with Gasteiger partial charge in [-0.25, -0.2) is 4.57 Å². The zero-order chi connectivity index (χ0) is 13.3. The Morgan fingerprint density at radius 3 is 2.06 bits per heavy atom. The quantitative estimate of drug-likeness (QED) is 0.465. The van der Waals surface area contributed by atoms with Crippen LogP contribution in [0.3, 0.4) is 0 Å². The molecule has 0 amide bonds. The number of rotatable bonds is 10. The highest BCUT2D eigenvalue weighted by molar-refractivity contribution is 7.46. The molecule has 5 heteroatoms. The van der Waals surface area contributed by atoms with E-state index in [9.17, 15) is 4.57 Å². The monoisotopic (exact) mass is 266 g/mol. The molecule has 0 aromatic heterocycles. The molecule has 0 fully saturated rings. The second-order valence-corrected chi connectivity index (χ2v) is 6.23. The number of hydrogen-bond donors (Lipinski definition) is 2. The molecule has 104 valence electrons. The summed E-state index contributed by atoms with van der Waals surface area (Å²) in [6.45, 7) is 6.43. The summed E-state index contributed by atoms with van der Waals surface area (Å²) >= 11 is 0. The molecule has 1 unspecified atom stereocenters. The Morgan fingerprint density at radius 1 is 1.06 bits per heavy atom. The molecule has 0 rings (SSSR count). The van der Waals surface area contributed by atoms with E-state index >= 15 is 0 Å². The first-order valence-electron chi connectivity index (χ1n) is 6.59. The molecule has 0 aliphatic heterocycles. The molecule has 17 heavy (non-hydrogen) atoms. The second kappa shape index (κ2) is 9.09. The lowest BCUT2D eigenvalue weighted by Gasteiger charge is -2.18. The van der Waals surface area contributed by atoms with Crippen molar-refractivity contribution in [1.29, 1.82) is 0 Å². The highest BCUT2D eigenvalue weighted by atomic mass is 31.2. The van der Waals surface area contributed by atoms with E-state index in [0.717, 1.165) is 44.9 Å². The van der Waals surface area contributed by atoms with Gasteiger partial charge in [-0.05, 0) is 18.8 Å². The van der Waals surface area contributed by atoms with E-state index in [1.54, 1.807) is 0 Å². The van der Waals surface area contributed by atoms with Gasteiger partial charge in [0.25, 0.3) is 0 Å². The lowest BCUT2D eigenvalue weighted by atomic mass is 10.0. The van der Waals surface area contributed by atoms with Gasteiger partial charge in [-0.1, -0.05) is 52.9 Å². The summed E-state index contributed by atoms with van der Waals surface area (Å²) in [4.78, 5) is 17.6. The lowest BCUT2D eigenvalue weighted by Crippen LogP contribution is -2.11. The van der Waals surface area contributed by atoms with Crippen molar-refractivity contribution in [3.63, 3.8) is 0 Å². The van der Waals surface area contributed by atoms with E-state index in [4.69, 9.17) is 14.3 Å². The van der Waals surface area contributed by atoms with Crippen molar-refractivity contribution in [3.05, 3.63) is 0 Å². The third-order valence-electron chi connectivity index (χ3n) is 2.72. The van der Waals surface area contributed by atoms with Crippen LogP contribution in [-0.2, 0) is 9.09 Å². The first-order chi connectivity index (χ1) is 7.85. The number of phosphoric acid groups is 1. The maximum Gasteiger partial charge on any atom is 0.469 e. The summed E-state index contributed by atoms with van der Waals surface area (Å²) < 4.78 is 15.6. The number of unbranched alkanes of at least 4 members (excludes halogenated alkanes) is 2. The molecule has 0 radical (unpaired) electrons. The molecular weight excluding hydrogens is 239 g/mol. The molecule has 1 atom stereocenters. The first-order valence-corrected chi connectivity index (χ1v) is 8.12. The van der Waals surface area contributed by atoms with E-state index < -0.39 is 7.82 Å². The van der Waals surface area contributed by atoms with Gasteiger partial charge in [0, 0.05) is 0 Å². The molecule has 0 spiro atoms. The first kappa shape index (κ1) is 17.1. The zero-order valence-electron chi connectivity index (χ0n) is 11.3. The Balaban J connectivity index is 3.89. The lowest BCUT2D eigenvalue weighted by molar-refractivity contribution is 0.116. The van der Waals surface area contributed by atoms with Crippen molar-refractivity contribution in [1.82, 2.24) is 0 Å². The number of hydrogen-bond acceptors (Lipinski definition) is 2. The van der Waals surface area contributed by atoms with Gasteiger partial charge in [-0.3, -0.25) is 4.52 Å². The fourth-order valence-electron chi connectivity index (χ4n) is 1.80. The molecule has 0 aromatic carbocycles. The predicted molar refractivity (Wildman–Crippen MR) is 69.7 cm³/mol. The molecule has 0 saturated carbocycles. The maximum absolute atomic E-state index is 10.8. The highest BCUT2D eigenvalue weighted by Crippen LogP contribution is 2.39. The topological polar surface area (TPSA) is 66.8 Å². The molecule has 0 aromatic rings. The Morgan fingerprint density at radius 2 is 1.59 bits per heavy atom. The van der Waals surface area contributed by atoms with Gasteiger partial charge in [0.15, 0.2) is 0 Å². The van der Waals surface area contributed by atoms with Gasteiger partial charge in [0.05, 0.1) is 6.10 Å². The average Bonchev–Trinajstić information content (AvgIpc) is 2.18. The van der Waals surface area contributed by atoms with E-state index in [0.29, 0.717) is 5.92 Å². The van der Waals surface area contributed by atoms with Crippen LogP contribution in [0.2, 0.25) is 0 Å². The van der Waals surface area contributed by atoms with E-state index in [2.05, 4.69) is 20.8 Å². The van der Waals surface area contributed by atoms with Crippen LogP contribution in [0.4, 0.5) is 0 Å². The fourth-order valence-corrected chi connectivity index (χ4v) is 2.40. The van der Waals surface area contributed by atoms with E-state index in [1.807, 2.05) is 0 Å². The van der Waals surface area contributed by atoms with Crippen molar-refractivity contribution in [3.8, 4) is 0 Å². The highest BCUT2D eigenvalue weighted by Gasteiger charge is 2.21. The summed E-state index contributed by atoms with van der Waals surface area (Å²) in [6, 6.07) is 0. The summed E-state index contributed by atoms with van der Waals surface area (Å²) in [5.41, 5.74) is 0. The normalized spacial score (nSPS) is 14.2. The largest absolute Gasteiger partial charge is 0.469 e. The van der Waals surface area contributed by atoms with Crippen LogP contribution in [0.15, 0.2) is 0 Å². The molecule has 4 nitrogen and oxygen atoms in total. The van der Waals surface area contributed by atoms with Gasteiger partial charge < -0.3 is 9.79 Å². The molecule has 0 bridgehead atoms. The molecule has 0 aliphatic carbocycles. The minimum atomic E-state index is -4.33. The maximum atomic E-state index is 10.8. The zero-order valence-corrected chi connectivity index (χ0v) is 12.2. The van der Waals surface area contributed by atoms with Gasteiger partial charge in [-0.15, -0.1) is 0 Å². The van der Waals surface area contributed by atoms with Crippen molar-refractivity contribution >= 4 is 7.82 Å². The van der Waals surface area contributed by atoms with Gasteiger partial charge in [0.1, 0.15) is 0 Å². The van der Waals surface area contributed by atoms with Crippen LogP contribution < -0.4 is 0 Å². The number of phosphoric ester groups is 1. The van der Waals surface area contributed by atoms with Crippen molar-refractivity contribution < 1.29 is 18.9 Å². The van der Waals surface area contributed by atoms with Crippen LogP contribution in [0.25, 0.3) is 0 Å². The average molecular weight is 266 g/mol.